The summed E-state index contributed by atoms with van der Waals surface area (Å²) in [6.45, 7) is 1.86. The highest BCUT2D eigenvalue weighted by molar-refractivity contribution is 7.86. The number of benzene rings is 3. The van der Waals surface area contributed by atoms with Gasteiger partial charge < -0.3 is 9.47 Å². The Bertz CT molecular complexity index is 1220. The summed E-state index contributed by atoms with van der Waals surface area (Å²) in [6, 6.07) is 16.1. The first-order valence-electron chi connectivity index (χ1n) is 9.19. The standard InChI is InChI=1S/C23H19FO5S/c1-15-7-10-18(11-8-15)30(25,26)29-22-12-9-16-13-17(24)14-20(23(16)28-22)19-5-3-4-6-21(19)27-2/h3-14,22H,1-2H3/t22-/m1/s1. The number of hydrogen-bond donors (Lipinski definition) is 0. The molecule has 3 aromatic carbocycles. The van der Waals surface area contributed by atoms with Crippen LogP contribution >= 0.6 is 0 Å². The van der Waals surface area contributed by atoms with E-state index in [-0.39, 0.29) is 4.90 Å². The molecule has 30 heavy (non-hydrogen) atoms. The summed E-state index contributed by atoms with van der Waals surface area (Å²) in [7, 11) is -2.53. The van der Waals surface area contributed by atoms with E-state index >= 15 is 0 Å². The van der Waals surface area contributed by atoms with Crippen molar-refractivity contribution in [1.29, 1.82) is 0 Å². The van der Waals surface area contributed by atoms with Crippen LogP contribution in [0.1, 0.15) is 11.1 Å². The molecule has 0 saturated heterocycles. The third-order valence-electron chi connectivity index (χ3n) is 4.68. The quantitative estimate of drug-likeness (QED) is 0.541. The van der Waals surface area contributed by atoms with Gasteiger partial charge in [0.25, 0.3) is 0 Å². The molecule has 4 rings (SSSR count). The van der Waals surface area contributed by atoms with E-state index < -0.39 is 22.2 Å². The zero-order chi connectivity index (χ0) is 21.3. The molecule has 0 bridgehead atoms. The average Bonchev–Trinajstić information content (AvgIpc) is 2.73. The Balaban J connectivity index is 1.69. The van der Waals surface area contributed by atoms with Crippen LogP contribution in [0.25, 0.3) is 17.2 Å². The molecule has 0 unspecified atom stereocenters. The molecule has 1 heterocycles. The second kappa shape index (κ2) is 7.93. The molecule has 1 atom stereocenters. The molecular formula is C23H19FO5S. The van der Waals surface area contributed by atoms with Crippen LogP contribution in [0.5, 0.6) is 11.5 Å². The van der Waals surface area contributed by atoms with Gasteiger partial charge in [-0.2, -0.15) is 8.42 Å². The van der Waals surface area contributed by atoms with Crippen molar-refractivity contribution in [2.24, 2.45) is 0 Å². The van der Waals surface area contributed by atoms with E-state index in [0.717, 1.165) is 5.56 Å². The summed E-state index contributed by atoms with van der Waals surface area (Å²) < 4.78 is 56.0. The van der Waals surface area contributed by atoms with Gasteiger partial charge in [0, 0.05) is 16.7 Å². The Labute approximate surface area is 174 Å². The number of para-hydroxylation sites is 1. The van der Waals surface area contributed by atoms with Crippen molar-refractivity contribution in [2.75, 3.05) is 7.11 Å². The summed E-state index contributed by atoms with van der Waals surface area (Å²) >= 11 is 0. The fraction of sp³-hybridized carbons (Fsp3) is 0.130. The molecule has 0 fully saturated rings. The molecule has 1 aliphatic heterocycles. The van der Waals surface area contributed by atoms with Crippen molar-refractivity contribution in [1.82, 2.24) is 0 Å². The van der Waals surface area contributed by atoms with Gasteiger partial charge in [-0.05, 0) is 49.4 Å². The zero-order valence-corrected chi connectivity index (χ0v) is 17.1. The second-order valence-corrected chi connectivity index (χ2v) is 8.35. The molecule has 0 spiro atoms. The molecule has 1 aliphatic rings. The summed E-state index contributed by atoms with van der Waals surface area (Å²) in [5.74, 6) is 0.398. The summed E-state index contributed by atoms with van der Waals surface area (Å²) in [4.78, 5) is 0.0277. The van der Waals surface area contributed by atoms with Crippen LogP contribution in [-0.4, -0.2) is 21.8 Å². The molecule has 0 saturated carbocycles. The van der Waals surface area contributed by atoms with E-state index in [9.17, 15) is 12.8 Å². The monoisotopic (exact) mass is 426 g/mol. The van der Waals surface area contributed by atoms with Crippen molar-refractivity contribution < 1.29 is 26.5 Å². The van der Waals surface area contributed by atoms with Gasteiger partial charge in [-0.15, -0.1) is 0 Å². The van der Waals surface area contributed by atoms with Gasteiger partial charge in [-0.25, -0.2) is 8.57 Å². The molecular weight excluding hydrogens is 407 g/mol. The lowest BCUT2D eigenvalue weighted by Gasteiger charge is -2.24. The maximum absolute atomic E-state index is 14.2. The number of hydrogen-bond acceptors (Lipinski definition) is 5. The Morgan fingerprint density at radius 2 is 1.73 bits per heavy atom. The minimum Gasteiger partial charge on any atom is -0.496 e. The van der Waals surface area contributed by atoms with Gasteiger partial charge in [-0.1, -0.05) is 35.9 Å². The first-order valence-corrected chi connectivity index (χ1v) is 10.6. The molecule has 0 aliphatic carbocycles. The minimum absolute atomic E-state index is 0.0277. The van der Waals surface area contributed by atoms with E-state index in [2.05, 4.69) is 0 Å². The van der Waals surface area contributed by atoms with Gasteiger partial charge in [0.15, 0.2) is 0 Å². The van der Waals surface area contributed by atoms with Crippen LogP contribution in [-0.2, 0) is 14.3 Å². The molecule has 0 radical (unpaired) electrons. The SMILES string of the molecule is COc1ccccc1-c1cc(F)cc2c1O[C@H](OS(=O)(=O)c1ccc(C)cc1)C=C2. The molecule has 5 nitrogen and oxygen atoms in total. The van der Waals surface area contributed by atoms with Crippen LogP contribution in [0.15, 0.2) is 71.6 Å². The molecule has 0 N–H and O–H groups in total. The minimum atomic E-state index is -4.05. The lowest BCUT2D eigenvalue weighted by molar-refractivity contribution is 0.0519. The van der Waals surface area contributed by atoms with Crippen molar-refractivity contribution >= 4 is 16.2 Å². The van der Waals surface area contributed by atoms with Gasteiger partial charge >= 0.3 is 10.1 Å². The lowest BCUT2D eigenvalue weighted by Crippen LogP contribution is -2.25. The third-order valence-corrected chi connectivity index (χ3v) is 5.97. The molecule has 7 heteroatoms. The van der Waals surface area contributed by atoms with E-state index in [4.69, 9.17) is 13.7 Å². The van der Waals surface area contributed by atoms with Gasteiger partial charge in [0.1, 0.15) is 17.3 Å². The predicted molar refractivity (Wildman–Crippen MR) is 111 cm³/mol. The number of fused-ring (bicyclic) bond motifs is 1. The summed E-state index contributed by atoms with van der Waals surface area (Å²) in [5, 5.41) is 0. The number of halogens is 1. The fourth-order valence-electron chi connectivity index (χ4n) is 3.21. The largest absolute Gasteiger partial charge is 0.496 e. The summed E-state index contributed by atoms with van der Waals surface area (Å²) in [5.41, 5.74) is 2.46. The van der Waals surface area contributed by atoms with Crippen LogP contribution in [0, 0.1) is 12.7 Å². The van der Waals surface area contributed by atoms with E-state index in [1.165, 1.54) is 37.5 Å². The second-order valence-electron chi connectivity index (χ2n) is 6.78. The van der Waals surface area contributed by atoms with Crippen molar-refractivity contribution in [3.05, 3.63) is 83.7 Å². The van der Waals surface area contributed by atoms with Crippen molar-refractivity contribution in [3.63, 3.8) is 0 Å². The predicted octanol–water partition coefficient (Wildman–Crippen LogP) is 4.95. The number of aryl methyl sites for hydroxylation is 1. The zero-order valence-electron chi connectivity index (χ0n) is 16.3. The Morgan fingerprint density at radius 1 is 1.00 bits per heavy atom. The fourth-order valence-corrected chi connectivity index (χ4v) is 4.15. The highest BCUT2D eigenvalue weighted by Crippen LogP contribution is 2.41. The van der Waals surface area contributed by atoms with Crippen LogP contribution in [0.4, 0.5) is 4.39 Å². The van der Waals surface area contributed by atoms with Crippen LogP contribution in [0.2, 0.25) is 0 Å². The van der Waals surface area contributed by atoms with Crippen LogP contribution < -0.4 is 9.47 Å². The maximum Gasteiger partial charge on any atom is 0.300 e. The lowest BCUT2D eigenvalue weighted by atomic mass is 9.99. The molecule has 0 amide bonds. The van der Waals surface area contributed by atoms with E-state index in [1.807, 2.05) is 6.92 Å². The smallest absolute Gasteiger partial charge is 0.300 e. The topological polar surface area (TPSA) is 61.8 Å². The highest BCUT2D eigenvalue weighted by atomic mass is 32.2. The first-order chi connectivity index (χ1) is 14.4. The molecule has 0 aromatic heterocycles. The van der Waals surface area contributed by atoms with Crippen LogP contribution in [0.3, 0.4) is 0 Å². The molecule has 3 aromatic rings. The number of rotatable bonds is 5. The Hall–Kier alpha value is -3.16. The highest BCUT2D eigenvalue weighted by Gasteiger charge is 2.27. The van der Waals surface area contributed by atoms with Gasteiger partial charge in [0.05, 0.1) is 12.0 Å². The van der Waals surface area contributed by atoms with Gasteiger partial charge in [-0.3, -0.25) is 0 Å². The third kappa shape index (κ3) is 3.94. The number of methoxy groups -OCH3 is 1. The molecule has 154 valence electrons. The first kappa shape index (κ1) is 20.1. The number of ether oxygens (including phenoxy) is 2. The van der Waals surface area contributed by atoms with E-state index in [1.54, 1.807) is 42.5 Å². The average molecular weight is 426 g/mol. The van der Waals surface area contributed by atoms with Gasteiger partial charge in [0.2, 0.25) is 6.29 Å². The maximum atomic E-state index is 14.2. The Kier molecular flexibility index (Phi) is 5.32. The summed E-state index contributed by atoms with van der Waals surface area (Å²) in [6.07, 6.45) is 1.82. The van der Waals surface area contributed by atoms with E-state index in [0.29, 0.717) is 28.2 Å². The Morgan fingerprint density at radius 3 is 2.47 bits per heavy atom. The van der Waals surface area contributed by atoms with Crippen molar-refractivity contribution in [3.8, 4) is 22.6 Å². The van der Waals surface area contributed by atoms with Crippen molar-refractivity contribution in [2.45, 2.75) is 18.1 Å². The normalized spacial score (nSPS) is 15.4.